The lowest BCUT2D eigenvalue weighted by Crippen LogP contribution is -2.31. The third-order valence-electron chi connectivity index (χ3n) is 8.08. The topological polar surface area (TPSA) is 97.9 Å². The predicted molar refractivity (Wildman–Crippen MR) is 157 cm³/mol. The maximum atomic E-state index is 14.8. The Kier molecular flexibility index (Phi) is 6.54. The molecule has 1 N–H and O–H groups in total. The van der Waals surface area contributed by atoms with Crippen LogP contribution in [0.5, 0.6) is 0 Å². The molecule has 1 aliphatic heterocycles. The van der Waals surface area contributed by atoms with Gasteiger partial charge in [0.05, 0.1) is 34.2 Å². The molecular weight excluding hydrogens is 560 g/mol. The molecule has 1 saturated carbocycles. The van der Waals surface area contributed by atoms with Gasteiger partial charge in [-0.05, 0) is 93.8 Å². The Labute approximate surface area is 241 Å². The van der Waals surface area contributed by atoms with Gasteiger partial charge in [0.15, 0.2) is 0 Å². The fourth-order valence-electron chi connectivity index (χ4n) is 5.54. The maximum Gasteiger partial charge on any atom is 0.235 e. The number of fused-ring (bicyclic) bond motifs is 1. The summed E-state index contributed by atoms with van der Waals surface area (Å²) in [5.74, 6) is -1.43. The first kappa shape index (κ1) is 26.7. The van der Waals surface area contributed by atoms with Gasteiger partial charge in [-0.25, -0.2) is 26.9 Å². The summed E-state index contributed by atoms with van der Waals surface area (Å²) < 4.78 is 60.4. The van der Waals surface area contributed by atoms with E-state index in [1.165, 1.54) is 12.1 Å². The van der Waals surface area contributed by atoms with Gasteiger partial charge in [0, 0.05) is 22.9 Å². The third kappa shape index (κ3) is 5.16. The van der Waals surface area contributed by atoms with E-state index in [1.807, 2.05) is 33.6 Å². The summed E-state index contributed by atoms with van der Waals surface area (Å²) in [6, 6.07) is 14.5. The van der Waals surface area contributed by atoms with E-state index >= 15 is 0 Å². The normalized spacial score (nSPS) is 16.7. The number of hydrogen-bond acceptors (Lipinski definition) is 6. The molecule has 3 aromatic carbocycles. The second-order valence-electron chi connectivity index (χ2n) is 11.2. The van der Waals surface area contributed by atoms with Crippen molar-refractivity contribution in [1.29, 1.82) is 0 Å². The van der Waals surface area contributed by atoms with Gasteiger partial charge in [-0.2, -0.15) is 0 Å². The van der Waals surface area contributed by atoms with Crippen molar-refractivity contribution >= 4 is 26.7 Å². The van der Waals surface area contributed by atoms with Crippen molar-refractivity contribution in [3.8, 4) is 28.1 Å². The van der Waals surface area contributed by atoms with E-state index in [9.17, 15) is 17.2 Å². The molecule has 0 radical (unpaired) electrons. The zero-order chi connectivity index (χ0) is 29.0. The number of hydrogen-bond donors (Lipinski definition) is 1. The average molecular weight is 590 g/mol. The summed E-state index contributed by atoms with van der Waals surface area (Å²) in [5.41, 5.74) is 4.55. The van der Waals surface area contributed by atoms with Crippen molar-refractivity contribution in [3.63, 3.8) is 0 Å². The number of piperidine rings is 1. The Morgan fingerprint density at radius 3 is 2.50 bits per heavy atom. The number of nitrogens with one attached hydrogen (secondary N) is 1. The van der Waals surface area contributed by atoms with Gasteiger partial charge in [-0.3, -0.25) is 9.29 Å². The van der Waals surface area contributed by atoms with Crippen LogP contribution in [0.2, 0.25) is 0 Å². The lowest BCUT2D eigenvalue weighted by Gasteiger charge is -2.28. The summed E-state index contributed by atoms with van der Waals surface area (Å²) in [6.45, 7) is 2.06. The van der Waals surface area contributed by atoms with Crippen molar-refractivity contribution in [2.45, 2.75) is 37.0 Å². The van der Waals surface area contributed by atoms with E-state index in [4.69, 9.17) is 0 Å². The number of halogens is 2. The first-order valence-electron chi connectivity index (χ1n) is 13.9. The fourth-order valence-corrected chi connectivity index (χ4v) is 6.91. The SMILES string of the molecule is CN1CCC(n2cc(-c3ccc4c(c3)ncn4-c3cc(NS(=O)(=O)C4CC4)cc(-c4ccc(F)cc4F)c3)nn2)CC1. The third-order valence-corrected chi connectivity index (χ3v) is 9.95. The summed E-state index contributed by atoms with van der Waals surface area (Å²) in [7, 11) is -1.45. The highest BCUT2D eigenvalue weighted by Gasteiger charge is 2.36. The van der Waals surface area contributed by atoms with Crippen LogP contribution in [0.15, 0.2) is 67.1 Å². The van der Waals surface area contributed by atoms with Crippen LogP contribution < -0.4 is 4.72 Å². The minimum Gasteiger partial charge on any atom is -0.306 e. The fraction of sp³-hybridized carbons (Fsp3) is 0.300. The molecule has 3 heterocycles. The maximum absolute atomic E-state index is 14.8. The molecule has 2 fully saturated rings. The monoisotopic (exact) mass is 589 g/mol. The average Bonchev–Trinajstić information content (AvgIpc) is 3.58. The molecule has 0 unspecified atom stereocenters. The largest absolute Gasteiger partial charge is 0.306 e. The molecular formula is C30H29F2N7O2S. The van der Waals surface area contributed by atoms with Crippen LogP contribution in [-0.2, 0) is 10.0 Å². The standard InChI is InChI=1S/C30H29F2N7O2S/c1-37-10-8-23(9-11-37)39-17-29(34-36-39)19-2-7-30-28(14-19)33-18-38(30)24-13-20(26-6-3-21(31)15-27(26)32)12-22(16-24)35-42(40,41)25-4-5-25/h2-3,6-7,12-18,23,25,35H,4-5,8-11H2,1H3. The second kappa shape index (κ2) is 10.3. The molecule has 42 heavy (non-hydrogen) atoms. The molecule has 1 aliphatic carbocycles. The predicted octanol–water partition coefficient (Wildman–Crippen LogP) is 5.40. The van der Waals surface area contributed by atoms with Crippen molar-refractivity contribution in [2.75, 3.05) is 24.9 Å². The minimum atomic E-state index is -3.58. The number of sulfonamides is 1. The molecule has 216 valence electrons. The van der Waals surface area contributed by atoms with Crippen LogP contribution in [0.1, 0.15) is 31.7 Å². The van der Waals surface area contributed by atoms with E-state index in [0.29, 0.717) is 41.3 Å². The highest BCUT2D eigenvalue weighted by molar-refractivity contribution is 7.93. The molecule has 0 atom stereocenters. The number of imidazole rings is 1. The van der Waals surface area contributed by atoms with Gasteiger partial charge in [0.1, 0.15) is 23.7 Å². The van der Waals surface area contributed by atoms with E-state index in [2.05, 4.69) is 32.0 Å². The number of nitrogens with zero attached hydrogens (tertiary/aromatic N) is 6. The van der Waals surface area contributed by atoms with Gasteiger partial charge in [0.2, 0.25) is 10.0 Å². The van der Waals surface area contributed by atoms with Crippen LogP contribution in [-0.4, -0.2) is 63.2 Å². The van der Waals surface area contributed by atoms with Crippen molar-refractivity contribution < 1.29 is 17.2 Å². The molecule has 2 aromatic heterocycles. The smallest absolute Gasteiger partial charge is 0.235 e. The summed E-state index contributed by atoms with van der Waals surface area (Å²) in [6.07, 6.45) is 6.89. The molecule has 2 aliphatic rings. The quantitative estimate of drug-likeness (QED) is 0.273. The Hall–Kier alpha value is -4.16. The van der Waals surface area contributed by atoms with Crippen molar-refractivity contribution in [2.24, 2.45) is 0 Å². The van der Waals surface area contributed by atoms with Crippen molar-refractivity contribution in [1.82, 2.24) is 29.4 Å². The van der Waals surface area contributed by atoms with Gasteiger partial charge >= 0.3 is 0 Å². The number of anilines is 1. The molecule has 7 rings (SSSR count). The molecule has 9 nitrogen and oxygen atoms in total. The van der Waals surface area contributed by atoms with Crippen LogP contribution in [0.25, 0.3) is 39.1 Å². The van der Waals surface area contributed by atoms with E-state index in [0.717, 1.165) is 48.8 Å². The van der Waals surface area contributed by atoms with Crippen LogP contribution in [0.4, 0.5) is 14.5 Å². The number of likely N-dealkylation sites (tertiary alicyclic amines) is 1. The molecule has 1 saturated heterocycles. The van der Waals surface area contributed by atoms with Gasteiger partial charge < -0.3 is 4.90 Å². The Balaban J connectivity index is 1.25. The highest BCUT2D eigenvalue weighted by atomic mass is 32.2. The van der Waals surface area contributed by atoms with Crippen LogP contribution in [0.3, 0.4) is 0 Å². The summed E-state index contributed by atoms with van der Waals surface area (Å²) in [5, 5.41) is 8.37. The zero-order valence-corrected chi connectivity index (χ0v) is 23.7. The molecule has 0 bridgehead atoms. The van der Waals surface area contributed by atoms with E-state index < -0.39 is 26.9 Å². The van der Waals surface area contributed by atoms with E-state index in [-0.39, 0.29) is 5.56 Å². The van der Waals surface area contributed by atoms with Crippen LogP contribution in [0, 0.1) is 11.6 Å². The summed E-state index contributed by atoms with van der Waals surface area (Å²) in [4.78, 5) is 6.92. The highest BCUT2D eigenvalue weighted by Crippen LogP contribution is 2.34. The van der Waals surface area contributed by atoms with Crippen LogP contribution >= 0.6 is 0 Å². The Morgan fingerprint density at radius 2 is 1.74 bits per heavy atom. The van der Waals surface area contributed by atoms with Gasteiger partial charge in [0.25, 0.3) is 0 Å². The zero-order valence-electron chi connectivity index (χ0n) is 22.9. The molecule has 5 aromatic rings. The number of benzene rings is 3. The Bertz CT molecular complexity index is 1910. The number of aromatic nitrogens is 5. The van der Waals surface area contributed by atoms with Crippen molar-refractivity contribution in [3.05, 3.63) is 78.8 Å². The van der Waals surface area contributed by atoms with Gasteiger partial charge in [-0.1, -0.05) is 11.3 Å². The Morgan fingerprint density at radius 1 is 0.929 bits per heavy atom. The lowest BCUT2D eigenvalue weighted by atomic mass is 10.0. The number of rotatable bonds is 7. The van der Waals surface area contributed by atoms with E-state index in [1.54, 1.807) is 24.5 Å². The van der Waals surface area contributed by atoms with Gasteiger partial charge in [-0.15, -0.1) is 5.10 Å². The second-order valence-corrected chi connectivity index (χ2v) is 13.1. The molecule has 12 heteroatoms. The first-order chi connectivity index (χ1) is 20.2. The minimum absolute atomic E-state index is 0.157. The summed E-state index contributed by atoms with van der Waals surface area (Å²) >= 11 is 0. The molecule has 0 spiro atoms. The first-order valence-corrected chi connectivity index (χ1v) is 15.5. The lowest BCUT2D eigenvalue weighted by molar-refractivity contribution is 0.210. The molecule has 0 amide bonds.